The molecule has 0 aliphatic heterocycles. The zero-order valence-electron chi connectivity index (χ0n) is 17.0. The second kappa shape index (κ2) is 9.23. The fraction of sp³-hybridized carbons (Fsp3) is 0.318. The number of benzene rings is 2. The molecule has 29 heavy (non-hydrogen) atoms. The Bertz CT molecular complexity index is 992. The van der Waals surface area contributed by atoms with Crippen LogP contribution in [0, 0.1) is 6.92 Å². The quantitative estimate of drug-likeness (QED) is 0.577. The molecule has 0 saturated carbocycles. The van der Waals surface area contributed by atoms with E-state index in [-0.39, 0.29) is 18.0 Å². The number of urea groups is 1. The topological polar surface area (TPSA) is 88.1 Å². The number of hydrogen-bond acceptors (Lipinski definition) is 3. The zero-order valence-corrected chi connectivity index (χ0v) is 17.0. The normalized spacial score (nSPS) is 10.9. The Hall–Kier alpha value is -3.35. The molecule has 3 aromatic rings. The summed E-state index contributed by atoms with van der Waals surface area (Å²) in [5.74, 6) is 0.808. The number of para-hydroxylation sites is 2. The Labute approximate surface area is 170 Å². The zero-order chi connectivity index (χ0) is 20.8. The van der Waals surface area contributed by atoms with E-state index < -0.39 is 0 Å². The van der Waals surface area contributed by atoms with Crippen LogP contribution < -0.4 is 16.0 Å². The van der Waals surface area contributed by atoms with Gasteiger partial charge in [-0.3, -0.25) is 4.79 Å². The number of hydrogen-bond donors (Lipinski definition) is 3. The number of amides is 3. The van der Waals surface area contributed by atoms with Crippen LogP contribution in [0.15, 0.2) is 48.5 Å². The van der Waals surface area contributed by atoms with Gasteiger partial charge in [-0.15, -0.1) is 0 Å². The summed E-state index contributed by atoms with van der Waals surface area (Å²) in [6.07, 6.45) is 0. The summed E-state index contributed by atoms with van der Waals surface area (Å²) in [7, 11) is 0. The van der Waals surface area contributed by atoms with E-state index in [9.17, 15) is 9.59 Å². The summed E-state index contributed by atoms with van der Waals surface area (Å²) in [5.41, 5.74) is 3.55. The molecule has 3 rings (SSSR count). The third-order valence-corrected chi connectivity index (χ3v) is 4.56. The van der Waals surface area contributed by atoms with Crippen molar-refractivity contribution in [2.24, 2.45) is 0 Å². The smallest absolute Gasteiger partial charge is 0.315 e. The van der Waals surface area contributed by atoms with Crippen LogP contribution in [0.2, 0.25) is 0 Å². The minimum Gasteiger partial charge on any atom is -0.350 e. The van der Waals surface area contributed by atoms with Crippen LogP contribution in [0.4, 0.5) is 4.79 Å². The van der Waals surface area contributed by atoms with Crippen molar-refractivity contribution in [3.05, 3.63) is 65.5 Å². The number of rotatable bonds is 7. The lowest BCUT2D eigenvalue weighted by atomic mass is 10.1. The van der Waals surface area contributed by atoms with Gasteiger partial charge in [-0.1, -0.05) is 24.3 Å². The summed E-state index contributed by atoms with van der Waals surface area (Å²) >= 11 is 0. The average Bonchev–Trinajstić information content (AvgIpc) is 3.01. The Morgan fingerprint density at radius 2 is 1.76 bits per heavy atom. The standard InChI is InChI=1S/C22H27N5O2/c1-15(2)25-22(29)24-14-17-8-10-18(11-9-17)21(28)23-12-13-27-16(3)26-19-6-4-5-7-20(19)27/h4-11,15H,12-14H2,1-3H3,(H,23,28)(H2,24,25,29). The van der Waals surface area contributed by atoms with Gasteiger partial charge in [0.15, 0.2) is 0 Å². The maximum atomic E-state index is 12.4. The number of fused-ring (bicyclic) bond motifs is 1. The number of nitrogens with zero attached hydrogens (tertiary/aromatic N) is 2. The molecule has 0 aliphatic rings. The number of carbonyl (C=O) groups is 2. The maximum Gasteiger partial charge on any atom is 0.315 e. The van der Waals surface area contributed by atoms with Gasteiger partial charge in [0.1, 0.15) is 5.82 Å². The van der Waals surface area contributed by atoms with E-state index >= 15 is 0 Å². The molecule has 1 aromatic heterocycles. The third kappa shape index (κ3) is 5.34. The lowest BCUT2D eigenvalue weighted by Gasteiger charge is -2.11. The Morgan fingerprint density at radius 3 is 2.48 bits per heavy atom. The predicted octanol–water partition coefficient (Wildman–Crippen LogP) is 2.98. The van der Waals surface area contributed by atoms with Gasteiger partial charge < -0.3 is 20.5 Å². The first-order valence-corrected chi connectivity index (χ1v) is 9.77. The van der Waals surface area contributed by atoms with Gasteiger partial charge in [-0.25, -0.2) is 9.78 Å². The Kier molecular flexibility index (Phi) is 6.49. The molecule has 0 unspecified atom stereocenters. The molecule has 152 valence electrons. The van der Waals surface area contributed by atoms with Crippen LogP contribution in [-0.2, 0) is 13.1 Å². The fourth-order valence-electron chi connectivity index (χ4n) is 3.13. The molecule has 0 spiro atoms. The van der Waals surface area contributed by atoms with E-state index in [0.717, 1.165) is 22.4 Å². The van der Waals surface area contributed by atoms with Crippen LogP contribution in [0.3, 0.4) is 0 Å². The number of nitrogens with one attached hydrogen (secondary N) is 3. The largest absolute Gasteiger partial charge is 0.350 e. The number of carbonyl (C=O) groups excluding carboxylic acids is 2. The molecule has 1 heterocycles. The maximum absolute atomic E-state index is 12.4. The van der Waals surface area contributed by atoms with E-state index in [4.69, 9.17) is 0 Å². The van der Waals surface area contributed by atoms with Crippen molar-refractivity contribution in [1.29, 1.82) is 0 Å². The highest BCUT2D eigenvalue weighted by Gasteiger charge is 2.09. The molecular formula is C22H27N5O2. The summed E-state index contributed by atoms with van der Waals surface area (Å²) in [5, 5.41) is 8.51. The van der Waals surface area contributed by atoms with Crippen LogP contribution in [0.25, 0.3) is 11.0 Å². The molecule has 0 saturated heterocycles. The Morgan fingerprint density at radius 1 is 1.03 bits per heavy atom. The highest BCUT2D eigenvalue weighted by atomic mass is 16.2. The first kappa shape index (κ1) is 20.4. The van der Waals surface area contributed by atoms with E-state index in [1.807, 2.05) is 57.2 Å². The van der Waals surface area contributed by atoms with Gasteiger partial charge in [0.05, 0.1) is 11.0 Å². The van der Waals surface area contributed by atoms with E-state index in [0.29, 0.717) is 25.2 Å². The van der Waals surface area contributed by atoms with Crippen LogP contribution in [0.1, 0.15) is 35.6 Å². The molecule has 0 radical (unpaired) electrons. The first-order chi connectivity index (χ1) is 13.9. The average molecular weight is 393 g/mol. The van der Waals surface area contributed by atoms with Crippen molar-refractivity contribution >= 4 is 23.0 Å². The number of imidazole rings is 1. The lowest BCUT2D eigenvalue weighted by Crippen LogP contribution is -2.39. The van der Waals surface area contributed by atoms with Crippen LogP contribution >= 0.6 is 0 Å². The van der Waals surface area contributed by atoms with E-state index in [1.54, 1.807) is 12.1 Å². The van der Waals surface area contributed by atoms with E-state index in [1.165, 1.54) is 0 Å². The monoisotopic (exact) mass is 393 g/mol. The molecular weight excluding hydrogens is 366 g/mol. The second-order valence-electron chi connectivity index (χ2n) is 7.23. The summed E-state index contributed by atoms with van der Waals surface area (Å²) in [6.45, 7) is 7.36. The molecule has 0 bridgehead atoms. The molecule has 3 N–H and O–H groups in total. The predicted molar refractivity (Wildman–Crippen MR) is 114 cm³/mol. The van der Waals surface area contributed by atoms with Gasteiger partial charge in [-0.2, -0.15) is 0 Å². The number of aryl methyl sites for hydroxylation is 1. The lowest BCUT2D eigenvalue weighted by molar-refractivity contribution is 0.0952. The van der Waals surface area contributed by atoms with Gasteiger partial charge in [-0.05, 0) is 50.6 Å². The van der Waals surface area contributed by atoms with Gasteiger partial charge in [0, 0.05) is 31.2 Å². The number of aromatic nitrogens is 2. The van der Waals surface area contributed by atoms with Gasteiger partial charge >= 0.3 is 6.03 Å². The molecule has 0 fully saturated rings. The Balaban J connectivity index is 1.50. The summed E-state index contributed by atoms with van der Waals surface area (Å²) in [6, 6.07) is 15.1. The van der Waals surface area contributed by atoms with Crippen LogP contribution in [0.5, 0.6) is 0 Å². The van der Waals surface area contributed by atoms with Gasteiger partial charge in [0.25, 0.3) is 5.91 Å². The van der Waals surface area contributed by atoms with Crippen molar-refractivity contribution in [1.82, 2.24) is 25.5 Å². The molecule has 0 aliphatic carbocycles. The highest BCUT2D eigenvalue weighted by Crippen LogP contribution is 2.14. The van der Waals surface area contributed by atoms with Crippen molar-refractivity contribution in [3.8, 4) is 0 Å². The molecule has 7 nitrogen and oxygen atoms in total. The van der Waals surface area contributed by atoms with Crippen molar-refractivity contribution < 1.29 is 9.59 Å². The SMILES string of the molecule is Cc1nc2ccccc2n1CCNC(=O)c1ccc(CNC(=O)NC(C)C)cc1. The highest BCUT2D eigenvalue weighted by molar-refractivity contribution is 5.94. The van der Waals surface area contributed by atoms with E-state index in [2.05, 4.69) is 25.5 Å². The third-order valence-electron chi connectivity index (χ3n) is 4.56. The first-order valence-electron chi connectivity index (χ1n) is 9.77. The fourth-order valence-corrected chi connectivity index (χ4v) is 3.13. The van der Waals surface area contributed by atoms with Crippen molar-refractivity contribution in [3.63, 3.8) is 0 Å². The minimum atomic E-state index is -0.205. The molecule has 0 atom stereocenters. The molecule has 2 aromatic carbocycles. The van der Waals surface area contributed by atoms with Crippen LogP contribution in [-0.4, -0.2) is 34.1 Å². The summed E-state index contributed by atoms with van der Waals surface area (Å²) < 4.78 is 2.10. The minimum absolute atomic E-state index is 0.0881. The molecule has 3 amide bonds. The molecule has 7 heteroatoms. The van der Waals surface area contributed by atoms with Crippen molar-refractivity contribution in [2.75, 3.05) is 6.54 Å². The second-order valence-corrected chi connectivity index (χ2v) is 7.23. The van der Waals surface area contributed by atoms with Gasteiger partial charge in [0.2, 0.25) is 0 Å². The van der Waals surface area contributed by atoms with Crippen molar-refractivity contribution in [2.45, 2.75) is 39.9 Å². The summed E-state index contributed by atoms with van der Waals surface area (Å²) in [4.78, 5) is 28.6.